The smallest absolute Gasteiger partial charge is 0.228 e. The molecule has 46 heavy (non-hydrogen) atoms. The molecule has 2 nitrogen and oxygen atoms in total. The molecule has 2 heterocycles. The zero-order chi connectivity index (χ0) is 32.2. The Hall–Kier alpha value is -4.98. The van der Waals surface area contributed by atoms with Crippen LogP contribution in [0, 0.1) is 0 Å². The zero-order valence-corrected chi connectivity index (χ0v) is 24.6. The first-order chi connectivity index (χ1) is 21.8. The molecule has 0 radical (unpaired) electrons. The number of halogens is 6. The van der Waals surface area contributed by atoms with E-state index in [1.165, 1.54) is 26.0 Å². The molecule has 0 saturated carbocycles. The summed E-state index contributed by atoms with van der Waals surface area (Å²) in [6.45, 7) is 2.42. The molecule has 2 aliphatic carbocycles. The number of aromatic nitrogens is 2. The van der Waals surface area contributed by atoms with Gasteiger partial charge in [0.05, 0.1) is 11.4 Å². The van der Waals surface area contributed by atoms with Gasteiger partial charge < -0.3 is 0 Å². The van der Waals surface area contributed by atoms with Crippen LogP contribution in [0.3, 0.4) is 0 Å². The van der Waals surface area contributed by atoms with E-state index >= 15 is 0 Å². The summed E-state index contributed by atoms with van der Waals surface area (Å²) in [5.41, 5.74) is 0.784. The second kappa shape index (κ2) is 9.28. The van der Waals surface area contributed by atoms with Crippen LogP contribution in [0.5, 0.6) is 0 Å². The molecule has 6 aromatic rings. The molecular weight excluding hydrogens is 598 g/mol. The first kappa shape index (κ1) is 28.5. The van der Waals surface area contributed by atoms with Gasteiger partial charge >= 0.3 is 12.4 Å². The predicted molar refractivity (Wildman–Crippen MR) is 166 cm³/mol. The summed E-state index contributed by atoms with van der Waals surface area (Å²) in [5, 5.41) is 0.690. The van der Waals surface area contributed by atoms with E-state index in [1.807, 2.05) is 0 Å². The topological polar surface area (TPSA) is 25.8 Å². The van der Waals surface area contributed by atoms with Crippen molar-refractivity contribution in [1.29, 1.82) is 0 Å². The standard InChI is InChI=1S/C38H24F6N2/c1-35(37(39,40)41)28-9-5-3-7-24(28)26-15-11-22(19-30(26)35)32-17-13-21-14-18-33(46-34(21)45-32)23-12-16-27-25-8-4-6-10-29(25)36(2,31(27)20-23)38(42,43)44/h3-20H,1-2H3. The van der Waals surface area contributed by atoms with Gasteiger partial charge in [-0.25, -0.2) is 9.97 Å². The van der Waals surface area contributed by atoms with Crippen LogP contribution in [0.2, 0.25) is 0 Å². The van der Waals surface area contributed by atoms with Crippen molar-refractivity contribution in [2.24, 2.45) is 0 Å². The fraction of sp³-hybridized carbons (Fsp3) is 0.158. The van der Waals surface area contributed by atoms with E-state index in [-0.39, 0.29) is 22.3 Å². The average Bonchev–Trinajstić information content (AvgIpc) is 3.47. The maximum atomic E-state index is 14.6. The lowest BCUT2D eigenvalue weighted by atomic mass is 9.79. The Kier molecular flexibility index (Phi) is 5.75. The number of rotatable bonds is 2. The zero-order valence-electron chi connectivity index (χ0n) is 24.6. The minimum Gasteiger partial charge on any atom is -0.228 e. The Balaban J connectivity index is 1.22. The number of hydrogen-bond donors (Lipinski definition) is 0. The third kappa shape index (κ3) is 3.73. The highest BCUT2D eigenvalue weighted by atomic mass is 19.4. The molecule has 8 heteroatoms. The molecule has 228 valence electrons. The number of pyridine rings is 2. The molecule has 0 N–H and O–H groups in total. The molecule has 2 unspecified atom stereocenters. The third-order valence-electron chi connectivity index (χ3n) is 9.91. The summed E-state index contributed by atoms with van der Waals surface area (Å²) in [6.07, 6.45) is -9.06. The van der Waals surface area contributed by atoms with Crippen molar-refractivity contribution in [1.82, 2.24) is 9.97 Å². The number of alkyl halides is 6. The highest BCUT2D eigenvalue weighted by Gasteiger charge is 2.59. The lowest BCUT2D eigenvalue weighted by Crippen LogP contribution is -2.38. The van der Waals surface area contributed by atoms with Crippen molar-refractivity contribution in [3.63, 3.8) is 0 Å². The van der Waals surface area contributed by atoms with Crippen LogP contribution in [0.4, 0.5) is 26.3 Å². The van der Waals surface area contributed by atoms with Crippen LogP contribution in [0.15, 0.2) is 109 Å². The molecule has 2 aliphatic rings. The van der Waals surface area contributed by atoms with E-state index in [2.05, 4.69) is 0 Å². The van der Waals surface area contributed by atoms with E-state index in [0.717, 1.165) is 0 Å². The minimum atomic E-state index is -4.53. The first-order valence-corrected chi connectivity index (χ1v) is 14.7. The normalized spacial score (nSPS) is 19.9. The summed E-state index contributed by atoms with van der Waals surface area (Å²) >= 11 is 0. The van der Waals surface area contributed by atoms with Crippen molar-refractivity contribution in [2.75, 3.05) is 0 Å². The Morgan fingerprint density at radius 3 is 1.26 bits per heavy atom. The maximum absolute atomic E-state index is 14.6. The van der Waals surface area contributed by atoms with Gasteiger partial charge in [0, 0.05) is 16.5 Å². The number of hydrogen-bond acceptors (Lipinski definition) is 2. The van der Waals surface area contributed by atoms with Crippen LogP contribution < -0.4 is 0 Å². The van der Waals surface area contributed by atoms with Crippen molar-refractivity contribution in [3.05, 3.63) is 131 Å². The van der Waals surface area contributed by atoms with Gasteiger partial charge in [-0.05, 0) is 94.8 Å². The van der Waals surface area contributed by atoms with Gasteiger partial charge in [0.25, 0.3) is 0 Å². The van der Waals surface area contributed by atoms with Crippen molar-refractivity contribution >= 4 is 11.0 Å². The third-order valence-corrected chi connectivity index (χ3v) is 9.91. The number of benzene rings is 4. The average molecular weight is 623 g/mol. The van der Waals surface area contributed by atoms with Gasteiger partial charge in [-0.2, -0.15) is 26.3 Å². The summed E-state index contributed by atoms with van der Waals surface area (Å²) in [4.78, 5) is 9.43. The van der Waals surface area contributed by atoms with Crippen LogP contribution in [0.1, 0.15) is 36.1 Å². The molecule has 8 rings (SSSR count). The molecule has 0 saturated heterocycles. The molecule has 4 aromatic carbocycles. The number of fused-ring (bicyclic) bond motifs is 7. The van der Waals surface area contributed by atoms with E-state index in [0.29, 0.717) is 55.8 Å². The molecule has 0 spiro atoms. The Labute approximate surface area is 260 Å². The predicted octanol–water partition coefficient (Wildman–Crippen LogP) is 10.7. The highest BCUT2D eigenvalue weighted by molar-refractivity contribution is 5.87. The lowest BCUT2D eigenvalue weighted by Gasteiger charge is -2.30. The largest absolute Gasteiger partial charge is 0.402 e. The molecule has 0 bridgehead atoms. The van der Waals surface area contributed by atoms with Crippen LogP contribution in [-0.2, 0) is 10.8 Å². The Morgan fingerprint density at radius 2 is 0.848 bits per heavy atom. The van der Waals surface area contributed by atoms with E-state index in [9.17, 15) is 26.3 Å². The van der Waals surface area contributed by atoms with Gasteiger partial charge in [0.15, 0.2) is 5.65 Å². The lowest BCUT2D eigenvalue weighted by molar-refractivity contribution is -0.172. The molecule has 0 fully saturated rings. The minimum absolute atomic E-state index is 0.161. The van der Waals surface area contributed by atoms with Gasteiger partial charge in [-0.15, -0.1) is 0 Å². The first-order valence-electron chi connectivity index (χ1n) is 14.7. The highest BCUT2D eigenvalue weighted by Crippen LogP contribution is 2.58. The van der Waals surface area contributed by atoms with Crippen molar-refractivity contribution in [2.45, 2.75) is 37.0 Å². The van der Waals surface area contributed by atoms with Gasteiger partial charge in [-0.1, -0.05) is 72.8 Å². The Bertz CT molecular complexity index is 2080. The quantitative estimate of drug-likeness (QED) is 0.180. The maximum Gasteiger partial charge on any atom is 0.402 e. The fourth-order valence-corrected chi connectivity index (χ4v) is 7.23. The summed E-state index contributed by atoms with van der Waals surface area (Å²) < 4.78 is 87.8. The van der Waals surface area contributed by atoms with E-state index in [1.54, 1.807) is 97.1 Å². The Morgan fingerprint density at radius 1 is 0.457 bits per heavy atom. The molecule has 0 amide bonds. The second-order valence-electron chi connectivity index (χ2n) is 12.3. The summed E-state index contributed by atoms with van der Waals surface area (Å²) in [5.74, 6) is 0. The van der Waals surface area contributed by atoms with Crippen LogP contribution in [0.25, 0.3) is 55.8 Å². The molecule has 2 atom stereocenters. The van der Waals surface area contributed by atoms with Crippen molar-refractivity contribution in [3.8, 4) is 44.8 Å². The summed E-state index contributed by atoms with van der Waals surface area (Å²) in [7, 11) is 0. The van der Waals surface area contributed by atoms with Crippen molar-refractivity contribution < 1.29 is 26.3 Å². The van der Waals surface area contributed by atoms with Crippen LogP contribution in [-0.4, -0.2) is 22.3 Å². The number of nitrogens with zero attached hydrogens (tertiary/aromatic N) is 2. The van der Waals surface area contributed by atoms with E-state index in [4.69, 9.17) is 9.97 Å². The fourth-order valence-electron chi connectivity index (χ4n) is 7.23. The van der Waals surface area contributed by atoms with Gasteiger partial charge in [-0.3, -0.25) is 0 Å². The molecule has 0 aliphatic heterocycles. The van der Waals surface area contributed by atoms with Crippen LogP contribution >= 0.6 is 0 Å². The molecular formula is C38H24F6N2. The van der Waals surface area contributed by atoms with Gasteiger partial charge in [0.2, 0.25) is 0 Å². The second-order valence-corrected chi connectivity index (χ2v) is 12.3. The van der Waals surface area contributed by atoms with E-state index < -0.39 is 23.2 Å². The molecule has 2 aromatic heterocycles. The summed E-state index contributed by atoms with van der Waals surface area (Å²) in [6, 6.07) is 30.2. The monoisotopic (exact) mass is 622 g/mol. The SMILES string of the molecule is CC1(C(F)(F)F)c2ccccc2-c2ccc(-c3ccc4ccc(-c5ccc6c(c5)C(C)(C(F)(F)F)c5ccccc5-6)nc4n3)cc21. The van der Waals surface area contributed by atoms with Gasteiger partial charge in [0.1, 0.15) is 10.8 Å².